The Bertz CT molecular complexity index is 670. The summed E-state index contributed by atoms with van der Waals surface area (Å²) < 4.78 is 1.89. The van der Waals surface area contributed by atoms with Crippen LogP contribution >= 0.6 is 0 Å². The van der Waals surface area contributed by atoms with Gasteiger partial charge in [-0.2, -0.15) is 0 Å². The van der Waals surface area contributed by atoms with Crippen molar-refractivity contribution in [1.29, 1.82) is 0 Å². The first kappa shape index (κ1) is 14.3. The smallest absolute Gasteiger partial charge is 0.188 e. The van der Waals surface area contributed by atoms with Gasteiger partial charge in [-0.1, -0.05) is 0 Å². The lowest BCUT2D eigenvalue weighted by molar-refractivity contribution is 0.103. The van der Waals surface area contributed by atoms with E-state index in [1.165, 1.54) is 5.56 Å². The highest BCUT2D eigenvalue weighted by Gasteiger charge is 2.11. The number of aryl methyl sites for hydroxylation is 3. The molecule has 0 amide bonds. The number of carbonyl (C=O) groups excluding carboxylic acids is 1. The number of imidazole rings is 1. The molecular weight excluding hydrogens is 248 g/mol. The molecule has 1 aromatic heterocycles. The van der Waals surface area contributed by atoms with Crippen LogP contribution < -0.4 is 0 Å². The van der Waals surface area contributed by atoms with Crippen LogP contribution in [0.1, 0.15) is 39.8 Å². The molecule has 3 nitrogen and oxygen atoms in total. The van der Waals surface area contributed by atoms with Crippen molar-refractivity contribution in [2.24, 2.45) is 7.05 Å². The molecule has 3 heteroatoms. The first-order chi connectivity index (χ1) is 9.40. The highest BCUT2D eigenvalue weighted by molar-refractivity contribution is 6.10. The van der Waals surface area contributed by atoms with Crippen LogP contribution in [0.2, 0.25) is 0 Å². The molecular formula is C17H20N2O. The monoisotopic (exact) mass is 268 g/mol. The van der Waals surface area contributed by atoms with Crippen molar-refractivity contribution in [3.05, 3.63) is 58.2 Å². The van der Waals surface area contributed by atoms with Crippen molar-refractivity contribution in [3.8, 4) is 0 Å². The zero-order chi connectivity index (χ0) is 14.9. The van der Waals surface area contributed by atoms with Crippen molar-refractivity contribution in [2.75, 3.05) is 0 Å². The largest absolute Gasteiger partial charge is 0.335 e. The summed E-state index contributed by atoms with van der Waals surface area (Å²) in [5.74, 6) is 0.843. The fourth-order valence-corrected chi connectivity index (χ4v) is 2.17. The number of nitrogens with zero attached hydrogens (tertiary/aromatic N) is 2. The molecule has 0 unspecified atom stereocenters. The number of hydrogen-bond donors (Lipinski definition) is 0. The Labute approximate surface area is 120 Å². The van der Waals surface area contributed by atoms with E-state index in [1.54, 1.807) is 6.20 Å². The molecule has 0 aliphatic carbocycles. The molecule has 2 aromatic rings. The lowest BCUT2D eigenvalue weighted by Crippen LogP contribution is -2.04. The molecule has 0 fully saturated rings. The predicted molar refractivity (Wildman–Crippen MR) is 81.8 cm³/mol. The van der Waals surface area contributed by atoms with Gasteiger partial charge in [-0.05, 0) is 62.6 Å². The summed E-state index contributed by atoms with van der Waals surface area (Å²) in [6, 6.07) is 3.92. The van der Waals surface area contributed by atoms with E-state index < -0.39 is 0 Å². The topological polar surface area (TPSA) is 34.9 Å². The van der Waals surface area contributed by atoms with Gasteiger partial charge < -0.3 is 4.57 Å². The van der Waals surface area contributed by atoms with E-state index in [-0.39, 0.29) is 5.78 Å². The minimum atomic E-state index is 0.0548. The second-order valence-corrected chi connectivity index (χ2v) is 5.29. The first-order valence-electron chi connectivity index (χ1n) is 6.68. The summed E-state index contributed by atoms with van der Waals surface area (Å²) in [6.45, 7) is 7.99. The number of aromatic nitrogens is 2. The Balaban J connectivity index is 2.37. The van der Waals surface area contributed by atoms with Crippen molar-refractivity contribution >= 4 is 11.9 Å². The van der Waals surface area contributed by atoms with Gasteiger partial charge in [0.1, 0.15) is 5.82 Å². The highest BCUT2D eigenvalue weighted by Crippen LogP contribution is 2.18. The molecule has 2 rings (SSSR count). The molecule has 0 aliphatic rings. The van der Waals surface area contributed by atoms with Crippen LogP contribution in [0.4, 0.5) is 0 Å². The number of ketones is 1. The Kier molecular flexibility index (Phi) is 3.89. The molecule has 1 aromatic carbocycles. The van der Waals surface area contributed by atoms with Crippen LogP contribution in [-0.2, 0) is 7.05 Å². The number of allylic oxidation sites excluding steroid dienone is 1. The van der Waals surface area contributed by atoms with Crippen LogP contribution in [0, 0.1) is 20.8 Å². The summed E-state index contributed by atoms with van der Waals surface area (Å²) in [5, 5.41) is 0. The molecule has 1 heterocycles. The second kappa shape index (κ2) is 5.45. The SMILES string of the molecule is CC(=Cc1nccn1C)C(=O)c1cc(C)c(C)c(C)c1. The molecule has 104 valence electrons. The summed E-state index contributed by atoms with van der Waals surface area (Å²) in [7, 11) is 1.91. The standard InChI is InChI=1S/C17H20N2O/c1-11-8-15(9-12(2)14(11)4)17(20)13(3)10-16-18-6-7-19(16)5/h6-10H,1-5H3. The maximum absolute atomic E-state index is 12.5. The fraction of sp³-hybridized carbons (Fsp3) is 0.294. The summed E-state index contributed by atoms with van der Waals surface area (Å²) in [5.41, 5.74) is 4.99. The normalized spacial score (nSPS) is 11.8. The van der Waals surface area contributed by atoms with Crippen LogP contribution in [0.25, 0.3) is 6.08 Å². The summed E-state index contributed by atoms with van der Waals surface area (Å²) in [6.07, 6.45) is 5.42. The molecule has 20 heavy (non-hydrogen) atoms. The van der Waals surface area contributed by atoms with Gasteiger partial charge in [0.2, 0.25) is 0 Å². The molecule has 0 saturated carbocycles. The molecule has 0 aliphatic heterocycles. The van der Waals surface area contributed by atoms with Gasteiger partial charge in [-0.3, -0.25) is 4.79 Å². The van der Waals surface area contributed by atoms with Gasteiger partial charge in [0.15, 0.2) is 5.78 Å². The highest BCUT2D eigenvalue weighted by atomic mass is 16.1. The van der Waals surface area contributed by atoms with Gasteiger partial charge in [0.25, 0.3) is 0 Å². The summed E-state index contributed by atoms with van der Waals surface area (Å²) >= 11 is 0. The number of rotatable bonds is 3. The van der Waals surface area contributed by atoms with E-state index in [9.17, 15) is 4.79 Å². The maximum atomic E-state index is 12.5. The van der Waals surface area contributed by atoms with Gasteiger partial charge in [0.05, 0.1) is 0 Å². The molecule has 0 N–H and O–H groups in total. The Hall–Kier alpha value is -2.16. The van der Waals surface area contributed by atoms with Crippen LogP contribution in [0.5, 0.6) is 0 Å². The number of benzene rings is 1. The quantitative estimate of drug-likeness (QED) is 0.629. The van der Waals surface area contributed by atoms with Gasteiger partial charge in [0, 0.05) is 30.6 Å². The van der Waals surface area contributed by atoms with Crippen LogP contribution in [0.3, 0.4) is 0 Å². The van der Waals surface area contributed by atoms with Gasteiger partial charge in [-0.25, -0.2) is 4.98 Å². The van der Waals surface area contributed by atoms with Crippen molar-refractivity contribution in [3.63, 3.8) is 0 Å². The van der Waals surface area contributed by atoms with E-state index >= 15 is 0 Å². The first-order valence-corrected chi connectivity index (χ1v) is 6.68. The van der Waals surface area contributed by atoms with E-state index in [2.05, 4.69) is 11.9 Å². The average Bonchev–Trinajstić information content (AvgIpc) is 2.80. The van der Waals surface area contributed by atoms with E-state index in [0.717, 1.165) is 22.5 Å². The Morgan fingerprint density at radius 1 is 1.20 bits per heavy atom. The van der Waals surface area contributed by atoms with Gasteiger partial charge in [-0.15, -0.1) is 0 Å². The lowest BCUT2D eigenvalue weighted by atomic mass is 9.96. The number of carbonyl (C=O) groups is 1. The lowest BCUT2D eigenvalue weighted by Gasteiger charge is -2.08. The average molecular weight is 268 g/mol. The number of hydrogen-bond acceptors (Lipinski definition) is 2. The van der Waals surface area contributed by atoms with Crippen LogP contribution in [0.15, 0.2) is 30.1 Å². The third-order valence-electron chi connectivity index (χ3n) is 3.75. The Morgan fingerprint density at radius 2 is 1.80 bits per heavy atom. The third kappa shape index (κ3) is 2.72. The molecule has 0 radical (unpaired) electrons. The van der Waals surface area contributed by atoms with E-state index in [1.807, 2.05) is 56.8 Å². The zero-order valence-corrected chi connectivity index (χ0v) is 12.7. The summed E-state index contributed by atoms with van der Waals surface area (Å²) in [4.78, 5) is 16.7. The predicted octanol–water partition coefficient (Wildman–Crippen LogP) is 3.63. The minimum Gasteiger partial charge on any atom is -0.335 e. The van der Waals surface area contributed by atoms with E-state index in [0.29, 0.717) is 5.57 Å². The minimum absolute atomic E-state index is 0.0548. The zero-order valence-electron chi connectivity index (χ0n) is 12.7. The van der Waals surface area contributed by atoms with Gasteiger partial charge >= 0.3 is 0 Å². The molecule has 0 atom stereocenters. The molecule has 0 saturated heterocycles. The maximum Gasteiger partial charge on any atom is 0.188 e. The van der Waals surface area contributed by atoms with Crippen molar-refractivity contribution < 1.29 is 4.79 Å². The van der Waals surface area contributed by atoms with Crippen molar-refractivity contribution in [2.45, 2.75) is 27.7 Å². The molecule has 0 spiro atoms. The molecule has 0 bridgehead atoms. The number of Topliss-reactive ketones (excluding diaryl/α,β-unsaturated/α-hetero) is 1. The van der Waals surface area contributed by atoms with E-state index in [4.69, 9.17) is 0 Å². The van der Waals surface area contributed by atoms with Crippen molar-refractivity contribution in [1.82, 2.24) is 9.55 Å². The fourth-order valence-electron chi connectivity index (χ4n) is 2.17. The Morgan fingerprint density at radius 3 is 2.30 bits per heavy atom. The third-order valence-corrected chi connectivity index (χ3v) is 3.75. The second-order valence-electron chi connectivity index (χ2n) is 5.29. The van der Waals surface area contributed by atoms with Crippen LogP contribution in [-0.4, -0.2) is 15.3 Å².